The number of hydrogen-bond donors (Lipinski definition) is 0. The smallest absolute Gasteiger partial charge is 0.326 e. The number of unbranched alkanes of at least 4 members (excludes halogenated alkanes) is 1. The van der Waals surface area contributed by atoms with Gasteiger partial charge in [-0.05, 0) is 42.2 Å². The van der Waals surface area contributed by atoms with Crippen molar-refractivity contribution in [2.75, 3.05) is 6.61 Å². The highest BCUT2D eigenvalue weighted by Crippen LogP contribution is 2.24. The first-order valence-electron chi connectivity index (χ1n) is 11.9. The van der Waals surface area contributed by atoms with Crippen LogP contribution in [0.2, 0.25) is 0 Å². The summed E-state index contributed by atoms with van der Waals surface area (Å²) in [6, 6.07) is 19.6. The van der Waals surface area contributed by atoms with E-state index in [2.05, 4.69) is 13.0 Å². The van der Waals surface area contributed by atoms with Crippen LogP contribution in [-0.4, -0.2) is 26.7 Å². The van der Waals surface area contributed by atoms with Crippen molar-refractivity contribution < 1.29 is 9.53 Å². The summed E-state index contributed by atoms with van der Waals surface area (Å²) >= 11 is 0. The highest BCUT2D eigenvalue weighted by Gasteiger charge is 2.17. The van der Waals surface area contributed by atoms with Gasteiger partial charge in [0.25, 0.3) is 5.56 Å². The Balaban J connectivity index is 1.72. The Bertz CT molecular complexity index is 1440. The maximum Gasteiger partial charge on any atom is 0.326 e. The van der Waals surface area contributed by atoms with E-state index >= 15 is 0 Å². The molecule has 0 bridgehead atoms. The molecule has 7 nitrogen and oxygen atoms in total. The van der Waals surface area contributed by atoms with Gasteiger partial charge in [-0.15, -0.1) is 0 Å². The van der Waals surface area contributed by atoms with Gasteiger partial charge in [-0.2, -0.15) is 5.26 Å². The molecule has 0 saturated carbocycles. The van der Waals surface area contributed by atoms with Gasteiger partial charge in [-0.1, -0.05) is 55.8 Å². The van der Waals surface area contributed by atoms with E-state index in [1.54, 1.807) is 19.2 Å². The lowest BCUT2D eigenvalue weighted by atomic mass is 9.99. The molecule has 4 aromatic rings. The number of carbonyl (C=O) groups excluding carboxylic acids is 1. The van der Waals surface area contributed by atoms with Crippen molar-refractivity contribution >= 4 is 17.0 Å². The molecule has 0 atom stereocenters. The van der Waals surface area contributed by atoms with Crippen LogP contribution >= 0.6 is 0 Å². The minimum absolute atomic E-state index is 0.134. The van der Waals surface area contributed by atoms with Crippen LogP contribution in [0.3, 0.4) is 0 Å². The Kier molecular flexibility index (Phi) is 7.41. The van der Waals surface area contributed by atoms with Gasteiger partial charge in [0.2, 0.25) is 0 Å². The molecule has 0 spiro atoms. The third kappa shape index (κ3) is 5.17. The molecule has 2 aromatic heterocycles. The number of fused-ring (bicyclic) bond motifs is 1. The molecule has 2 heterocycles. The van der Waals surface area contributed by atoms with Gasteiger partial charge in [0.1, 0.15) is 17.9 Å². The highest BCUT2D eigenvalue weighted by atomic mass is 16.5. The molecule has 0 N–H and O–H groups in total. The number of pyridine rings is 1. The predicted octanol–water partition coefficient (Wildman–Crippen LogP) is 4.69. The molecule has 0 unspecified atom stereocenters. The highest BCUT2D eigenvalue weighted by molar-refractivity contribution is 5.76. The Morgan fingerprint density at radius 2 is 1.86 bits per heavy atom. The number of nitriles is 1. The number of ether oxygens (including phenoxy) is 1. The number of imidazole rings is 1. The molecule has 0 fully saturated rings. The van der Waals surface area contributed by atoms with Gasteiger partial charge in [0.15, 0.2) is 0 Å². The number of nitrogens with zero attached hydrogens (tertiary/aromatic N) is 4. The maximum absolute atomic E-state index is 13.3. The van der Waals surface area contributed by atoms with Gasteiger partial charge in [0, 0.05) is 19.2 Å². The summed E-state index contributed by atoms with van der Waals surface area (Å²) in [4.78, 5) is 30.1. The number of benzene rings is 2. The summed E-state index contributed by atoms with van der Waals surface area (Å²) in [5.74, 6) is 0.409. The third-order valence-corrected chi connectivity index (χ3v) is 5.96. The molecule has 4 rings (SSSR count). The summed E-state index contributed by atoms with van der Waals surface area (Å²) in [6.07, 6.45) is 4.34. The number of carbonyl (C=O) groups is 1. The van der Waals surface area contributed by atoms with E-state index in [1.165, 1.54) is 4.57 Å². The fourth-order valence-electron chi connectivity index (χ4n) is 4.20. The Morgan fingerprint density at radius 1 is 1.09 bits per heavy atom. The number of aryl methyl sites for hydroxylation is 1. The first kappa shape index (κ1) is 24.0. The number of hydrogen-bond acceptors (Lipinski definition) is 5. The van der Waals surface area contributed by atoms with E-state index in [-0.39, 0.29) is 18.7 Å². The zero-order valence-corrected chi connectivity index (χ0v) is 20.0. The van der Waals surface area contributed by atoms with Crippen LogP contribution in [0.4, 0.5) is 0 Å². The summed E-state index contributed by atoms with van der Waals surface area (Å²) < 4.78 is 8.36. The summed E-state index contributed by atoms with van der Waals surface area (Å²) in [5, 5.41) is 9.42. The molecule has 0 aliphatic heterocycles. The first-order chi connectivity index (χ1) is 17.0. The molecular formula is C28H28N4O3. The Morgan fingerprint density at radius 3 is 2.57 bits per heavy atom. The van der Waals surface area contributed by atoms with Crippen LogP contribution in [0, 0.1) is 11.3 Å². The van der Waals surface area contributed by atoms with E-state index in [4.69, 9.17) is 9.72 Å². The Labute approximate surface area is 204 Å². The number of rotatable bonds is 9. The molecule has 0 saturated heterocycles. The van der Waals surface area contributed by atoms with Crippen LogP contribution in [0.5, 0.6) is 0 Å². The van der Waals surface area contributed by atoms with E-state index in [0.29, 0.717) is 23.1 Å². The fraction of sp³-hybridized carbons (Fsp3) is 0.286. The molecular weight excluding hydrogens is 440 g/mol. The molecule has 178 valence electrons. The van der Waals surface area contributed by atoms with Crippen LogP contribution < -0.4 is 5.56 Å². The second-order valence-electron chi connectivity index (χ2n) is 8.36. The number of esters is 1. The lowest BCUT2D eigenvalue weighted by molar-refractivity contribution is -0.143. The van der Waals surface area contributed by atoms with Crippen molar-refractivity contribution in [1.82, 2.24) is 14.1 Å². The standard InChI is InChI=1S/C28H28N4O3/c1-3-5-10-25-30-24-15-16-31(19-26(33)35-4-2)28(34)27(24)32(25)18-20-11-13-21(14-12-20)23-9-7-6-8-22(23)17-29/h6-9,11-16H,3-5,10,18-19H2,1-2H3. The summed E-state index contributed by atoms with van der Waals surface area (Å²) in [5.41, 5.74) is 4.35. The van der Waals surface area contributed by atoms with Gasteiger partial charge in [-0.3, -0.25) is 9.59 Å². The van der Waals surface area contributed by atoms with Crippen molar-refractivity contribution in [2.24, 2.45) is 0 Å². The van der Waals surface area contributed by atoms with Gasteiger partial charge in [0.05, 0.1) is 23.8 Å². The molecule has 0 aliphatic carbocycles. The quantitative estimate of drug-likeness (QED) is 0.333. The van der Waals surface area contributed by atoms with E-state index in [1.807, 2.05) is 53.1 Å². The average Bonchev–Trinajstić information content (AvgIpc) is 3.22. The zero-order valence-electron chi connectivity index (χ0n) is 20.0. The molecule has 0 aliphatic rings. The van der Waals surface area contributed by atoms with Crippen LogP contribution in [-0.2, 0) is 29.0 Å². The second kappa shape index (κ2) is 10.8. The SMILES string of the molecule is CCCCc1nc2ccn(CC(=O)OCC)c(=O)c2n1Cc1ccc(-c2ccccc2C#N)cc1. The molecule has 7 heteroatoms. The molecule has 0 radical (unpaired) electrons. The summed E-state index contributed by atoms with van der Waals surface area (Å²) in [6.45, 7) is 4.48. The van der Waals surface area contributed by atoms with Crippen LogP contribution in [0.25, 0.3) is 22.2 Å². The lowest BCUT2D eigenvalue weighted by Gasteiger charge is -2.11. The monoisotopic (exact) mass is 468 g/mol. The van der Waals surface area contributed by atoms with Crippen molar-refractivity contribution in [3.63, 3.8) is 0 Å². The van der Waals surface area contributed by atoms with Gasteiger partial charge >= 0.3 is 5.97 Å². The Hall–Kier alpha value is -4.18. The van der Waals surface area contributed by atoms with Crippen molar-refractivity contribution in [3.8, 4) is 17.2 Å². The van der Waals surface area contributed by atoms with E-state index < -0.39 is 5.97 Å². The summed E-state index contributed by atoms with van der Waals surface area (Å²) in [7, 11) is 0. The molecule has 2 aromatic carbocycles. The van der Waals surface area contributed by atoms with Crippen molar-refractivity contribution in [3.05, 3.63) is 88.1 Å². The zero-order chi connectivity index (χ0) is 24.8. The van der Waals surface area contributed by atoms with Crippen LogP contribution in [0.1, 0.15) is 43.6 Å². The van der Waals surface area contributed by atoms with Crippen LogP contribution in [0.15, 0.2) is 65.6 Å². The first-order valence-corrected chi connectivity index (χ1v) is 11.9. The molecule has 35 heavy (non-hydrogen) atoms. The maximum atomic E-state index is 13.3. The van der Waals surface area contributed by atoms with Gasteiger partial charge < -0.3 is 13.9 Å². The molecule has 0 amide bonds. The fourth-order valence-corrected chi connectivity index (χ4v) is 4.20. The lowest BCUT2D eigenvalue weighted by Crippen LogP contribution is -2.26. The van der Waals surface area contributed by atoms with Crippen molar-refractivity contribution in [1.29, 1.82) is 5.26 Å². The topological polar surface area (TPSA) is 89.9 Å². The minimum atomic E-state index is -0.445. The third-order valence-electron chi connectivity index (χ3n) is 5.96. The van der Waals surface area contributed by atoms with Crippen molar-refractivity contribution in [2.45, 2.75) is 46.2 Å². The largest absolute Gasteiger partial charge is 0.465 e. The van der Waals surface area contributed by atoms with E-state index in [0.717, 1.165) is 41.8 Å². The normalized spacial score (nSPS) is 10.9. The predicted molar refractivity (Wildman–Crippen MR) is 135 cm³/mol. The van der Waals surface area contributed by atoms with Gasteiger partial charge in [-0.25, -0.2) is 4.98 Å². The average molecular weight is 469 g/mol. The second-order valence-corrected chi connectivity index (χ2v) is 8.36. The van der Waals surface area contributed by atoms with E-state index in [9.17, 15) is 14.9 Å². The minimum Gasteiger partial charge on any atom is -0.465 e. The number of aromatic nitrogens is 3.